The zero-order valence-electron chi connectivity index (χ0n) is 8.60. The van der Waals surface area contributed by atoms with Crippen molar-refractivity contribution in [1.29, 1.82) is 0 Å². The number of anilines is 1. The molecule has 0 bridgehead atoms. The molecule has 16 heavy (non-hydrogen) atoms. The van der Waals surface area contributed by atoms with Gasteiger partial charge in [-0.3, -0.25) is 0 Å². The van der Waals surface area contributed by atoms with Gasteiger partial charge in [0.2, 0.25) is 0 Å². The van der Waals surface area contributed by atoms with Gasteiger partial charge in [0, 0.05) is 19.3 Å². The summed E-state index contributed by atoms with van der Waals surface area (Å²) in [4.78, 5) is 0. The predicted octanol–water partition coefficient (Wildman–Crippen LogP) is 1.25. The Kier molecular flexibility index (Phi) is 3.82. The molecule has 0 atom stereocenters. The second-order valence-electron chi connectivity index (χ2n) is 3.30. The largest absolute Gasteiger partial charge is 0.399 e. The first-order chi connectivity index (χ1) is 7.34. The molecule has 0 heterocycles. The number of nitrogens with zero attached hydrogens (tertiary/aromatic N) is 1. The average molecular weight is 250 g/mol. The number of nitrogens with two attached hydrogens (primary N) is 1. The van der Waals surface area contributed by atoms with Crippen LogP contribution in [0.2, 0.25) is 0 Å². The summed E-state index contributed by atoms with van der Waals surface area (Å²) in [7, 11) is -3.41. The van der Waals surface area contributed by atoms with Crippen molar-refractivity contribution in [3.63, 3.8) is 0 Å². The topological polar surface area (TPSA) is 63.4 Å². The fourth-order valence-electron chi connectivity index (χ4n) is 1.11. The molecular weight excluding hydrogens is 238 g/mol. The standard InChI is InChI=1S/C9H12F2N2O2S/c1-13(16(14,15)9(10)11)6-7-2-4-8(12)5-3-7/h2-5,9H,6,12H2,1H3. The van der Waals surface area contributed by atoms with Crippen LogP contribution >= 0.6 is 0 Å². The number of rotatable bonds is 4. The summed E-state index contributed by atoms with van der Waals surface area (Å²) in [6, 6.07) is 6.34. The van der Waals surface area contributed by atoms with E-state index in [1.807, 2.05) is 0 Å². The SMILES string of the molecule is CN(Cc1ccc(N)cc1)S(=O)(=O)C(F)F. The van der Waals surface area contributed by atoms with Gasteiger partial charge in [-0.05, 0) is 17.7 Å². The Hall–Kier alpha value is -1.21. The van der Waals surface area contributed by atoms with E-state index in [9.17, 15) is 17.2 Å². The summed E-state index contributed by atoms with van der Waals surface area (Å²) in [5.74, 6) is -3.40. The maximum absolute atomic E-state index is 12.2. The minimum Gasteiger partial charge on any atom is -0.399 e. The van der Waals surface area contributed by atoms with Gasteiger partial charge in [0.15, 0.2) is 0 Å². The van der Waals surface area contributed by atoms with Gasteiger partial charge in [-0.25, -0.2) is 8.42 Å². The molecule has 0 spiro atoms. The second kappa shape index (κ2) is 4.75. The van der Waals surface area contributed by atoms with Gasteiger partial charge in [-0.2, -0.15) is 13.1 Å². The quantitative estimate of drug-likeness (QED) is 0.818. The lowest BCUT2D eigenvalue weighted by atomic mass is 10.2. The molecule has 1 aromatic carbocycles. The molecule has 0 fully saturated rings. The molecule has 0 saturated carbocycles. The third-order valence-electron chi connectivity index (χ3n) is 2.04. The lowest BCUT2D eigenvalue weighted by molar-refractivity contribution is 0.222. The molecule has 0 radical (unpaired) electrons. The first kappa shape index (κ1) is 12.9. The Balaban J connectivity index is 2.79. The molecule has 0 aliphatic rings. The van der Waals surface area contributed by atoms with Gasteiger partial charge >= 0.3 is 5.76 Å². The maximum Gasteiger partial charge on any atom is 0.350 e. The van der Waals surface area contributed by atoms with E-state index in [4.69, 9.17) is 5.73 Å². The van der Waals surface area contributed by atoms with Crippen LogP contribution in [0, 0.1) is 0 Å². The average Bonchev–Trinajstić information content (AvgIpc) is 2.21. The van der Waals surface area contributed by atoms with E-state index in [0.29, 0.717) is 15.6 Å². The van der Waals surface area contributed by atoms with Crippen LogP contribution in [0.1, 0.15) is 5.56 Å². The Morgan fingerprint density at radius 1 is 1.31 bits per heavy atom. The molecule has 1 rings (SSSR count). The number of benzene rings is 1. The van der Waals surface area contributed by atoms with Gasteiger partial charge in [0.1, 0.15) is 0 Å². The molecule has 0 aromatic heterocycles. The number of alkyl halides is 2. The molecule has 0 aliphatic carbocycles. The van der Waals surface area contributed by atoms with E-state index in [-0.39, 0.29) is 6.54 Å². The highest BCUT2D eigenvalue weighted by Crippen LogP contribution is 2.14. The zero-order chi connectivity index (χ0) is 12.3. The van der Waals surface area contributed by atoms with Crippen LogP contribution in [-0.4, -0.2) is 25.5 Å². The predicted molar refractivity (Wildman–Crippen MR) is 57.2 cm³/mol. The molecule has 0 aliphatic heterocycles. The number of hydrogen-bond donors (Lipinski definition) is 1. The Bertz CT molecular complexity index is 445. The van der Waals surface area contributed by atoms with E-state index < -0.39 is 15.8 Å². The summed E-state index contributed by atoms with van der Waals surface area (Å²) in [5.41, 5.74) is 6.57. The van der Waals surface area contributed by atoms with Crippen molar-refractivity contribution >= 4 is 15.7 Å². The first-order valence-corrected chi connectivity index (χ1v) is 5.92. The summed E-state index contributed by atoms with van der Waals surface area (Å²) >= 11 is 0. The molecule has 4 nitrogen and oxygen atoms in total. The van der Waals surface area contributed by atoms with Gasteiger partial charge in [0.05, 0.1) is 0 Å². The van der Waals surface area contributed by atoms with Crippen LogP contribution in [0.25, 0.3) is 0 Å². The Morgan fingerprint density at radius 2 is 1.81 bits per heavy atom. The van der Waals surface area contributed by atoms with Crippen LogP contribution in [0.3, 0.4) is 0 Å². The highest BCUT2D eigenvalue weighted by molar-refractivity contribution is 7.89. The Morgan fingerprint density at radius 3 is 2.25 bits per heavy atom. The zero-order valence-corrected chi connectivity index (χ0v) is 9.42. The van der Waals surface area contributed by atoms with Gasteiger partial charge in [0.25, 0.3) is 10.0 Å². The van der Waals surface area contributed by atoms with Crippen molar-refractivity contribution in [2.45, 2.75) is 12.3 Å². The number of nitrogen functional groups attached to an aromatic ring is 1. The highest BCUT2D eigenvalue weighted by Gasteiger charge is 2.28. The molecule has 0 saturated heterocycles. The van der Waals surface area contributed by atoms with Crippen LogP contribution in [0.4, 0.5) is 14.5 Å². The molecule has 0 amide bonds. The van der Waals surface area contributed by atoms with Crippen LogP contribution in [-0.2, 0) is 16.6 Å². The van der Waals surface area contributed by atoms with E-state index in [0.717, 1.165) is 7.05 Å². The number of hydrogen-bond acceptors (Lipinski definition) is 3. The minimum atomic E-state index is -4.52. The monoisotopic (exact) mass is 250 g/mol. The first-order valence-electron chi connectivity index (χ1n) is 4.42. The van der Waals surface area contributed by atoms with Crippen molar-refractivity contribution in [2.75, 3.05) is 12.8 Å². The molecule has 1 aromatic rings. The summed E-state index contributed by atoms with van der Waals surface area (Å²) in [6.07, 6.45) is 0. The summed E-state index contributed by atoms with van der Waals surface area (Å²) in [6.45, 7) is -0.104. The fraction of sp³-hybridized carbons (Fsp3) is 0.333. The number of halogens is 2. The van der Waals surface area contributed by atoms with Crippen LogP contribution in [0.5, 0.6) is 0 Å². The third-order valence-corrected chi connectivity index (χ3v) is 3.49. The summed E-state index contributed by atoms with van der Waals surface area (Å²) < 4.78 is 47.1. The molecule has 7 heteroatoms. The minimum absolute atomic E-state index is 0.104. The lowest BCUT2D eigenvalue weighted by Crippen LogP contribution is -2.31. The van der Waals surface area contributed by atoms with Gasteiger partial charge in [-0.15, -0.1) is 0 Å². The van der Waals surface area contributed by atoms with Crippen molar-refractivity contribution < 1.29 is 17.2 Å². The number of sulfonamides is 1. The maximum atomic E-state index is 12.2. The van der Waals surface area contributed by atoms with Crippen molar-refractivity contribution in [3.05, 3.63) is 29.8 Å². The molecule has 0 unspecified atom stereocenters. The van der Waals surface area contributed by atoms with Crippen LogP contribution < -0.4 is 5.73 Å². The molecule has 90 valence electrons. The molecule has 2 N–H and O–H groups in total. The fourth-order valence-corrected chi connectivity index (χ4v) is 1.71. The van der Waals surface area contributed by atoms with E-state index in [2.05, 4.69) is 0 Å². The van der Waals surface area contributed by atoms with Gasteiger partial charge < -0.3 is 5.73 Å². The normalized spacial score (nSPS) is 12.3. The van der Waals surface area contributed by atoms with E-state index in [1.54, 1.807) is 24.3 Å². The van der Waals surface area contributed by atoms with E-state index in [1.165, 1.54) is 0 Å². The Labute approximate surface area is 92.7 Å². The van der Waals surface area contributed by atoms with Crippen molar-refractivity contribution in [3.8, 4) is 0 Å². The van der Waals surface area contributed by atoms with Crippen molar-refractivity contribution in [1.82, 2.24) is 4.31 Å². The van der Waals surface area contributed by atoms with Gasteiger partial charge in [-0.1, -0.05) is 12.1 Å². The van der Waals surface area contributed by atoms with E-state index >= 15 is 0 Å². The second-order valence-corrected chi connectivity index (χ2v) is 5.31. The smallest absolute Gasteiger partial charge is 0.350 e. The molecular formula is C9H12F2N2O2S. The summed E-state index contributed by atoms with van der Waals surface area (Å²) in [5, 5.41) is 0. The van der Waals surface area contributed by atoms with Crippen molar-refractivity contribution in [2.24, 2.45) is 0 Å². The lowest BCUT2D eigenvalue weighted by Gasteiger charge is -2.16. The third kappa shape index (κ3) is 2.89. The highest BCUT2D eigenvalue weighted by atomic mass is 32.2. The van der Waals surface area contributed by atoms with Crippen LogP contribution in [0.15, 0.2) is 24.3 Å².